The van der Waals surface area contributed by atoms with Gasteiger partial charge in [0.15, 0.2) is 12.4 Å². The predicted molar refractivity (Wildman–Crippen MR) is 117 cm³/mol. The minimum Gasteiger partial charge on any atom is -0.485 e. The van der Waals surface area contributed by atoms with E-state index in [2.05, 4.69) is 5.16 Å². The molecule has 0 radical (unpaired) electrons. The van der Waals surface area contributed by atoms with Crippen LogP contribution in [0.15, 0.2) is 64.2 Å². The van der Waals surface area contributed by atoms with Crippen molar-refractivity contribution in [1.82, 2.24) is 0 Å². The molecule has 0 bridgehead atoms. The molecule has 4 N–H and O–H groups in total. The standard InChI is InChI=1S/C22H20ClN3O6/c1-13-10-15(23)4-8-18(13)30-11-17-7-9-19(31-17)22(28)32-26-21(25)14-2-5-16(6-3-14)29-12-20(24)27/h2-10H,11-12H2,1H3,(H2,24,27)(H2,25,26). The molecule has 0 spiro atoms. The normalized spacial score (nSPS) is 11.1. The molecule has 0 saturated carbocycles. The monoisotopic (exact) mass is 457 g/mol. The number of nitrogens with two attached hydrogens (primary N) is 2. The van der Waals surface area contributed by atoms with Crippen molar-refractivity contribution in [3.05, 3.63) is 82.3 Å². The van der Waals surface area contributed by atoms with Gasteiger partial charge < -0.3 is 30.2 Å². The number of aryl methyl sites for hydroxylation is 1. The average molecular weight is 458 g/mol. The Morgan fingerprint density at radius 2 is 1.78 bits per heavy atom. The number of rotatable bonds is 9. The van der Waals surface area contributed by atoms with E-state index in [0.29, 0.717) is 27.8 Å². The van der Waals surface area contributed by atoms with Crippen molar-refractivity contribution in [2.45, 2.75) is 13.5 Å². The molecular weight excluding hydrogens is 438 g/mol. The summed E-state index contributed by atoms with van der Waals surface area (Å²) in [6.07, 6.45) is 0. The van der Waals surface area contributed by atoms with Crippen molar-refractivity contribution in [2.24, 2.45) is 16.6 Å². The molecule has 166 valence electrons. The zero-order chi connectivity index (χ0) is 23.1. The van der Waals surface area contributed by atoms with Crippen LogP contribution >= 0.6 is 11.6 Å². The zero-order valence-electron chi connectivity index (χ0n) is 17.0. The second kappa shape index (κ2) is 10.4. The Hall–Kier alpha value is -3.98. The fraction of sp³-hybridized carbons (Fsp3) is 0.136. The predicted octanol–water partition coefficient (Wildman–Crippen LogP) is 3.16. The van der Waals surface area contributed by atoms with Crippen LogP contribution in [0.1, 0.15) is 27.4 Å². The van der Waals surface area contributed by atoms with E-state index in [1.807, 2.05) is 6.92 Å². The van der Waals surface area contributed by atoms with Crippen LogP contribution in [0, 0.1) is 6.92 Å². The van der Waals surface area contributed by atoms with E-state index in [-0.39, 0.29) is 24.8 Å². The topological polar surface area (TPSA) is 139 Å². The third-order valence-electron chi connectivity index (χ3n) is 4.13. The van der Waals surface area contributed by atoms with Gasteiger partial charge in [-0.1, -0.05) is 16.8 Å². The summed E-state index contributed by atoms with van der Waals surface area (Å²) in [5, 5.41) is 4.24. The quantitative estimate of drug-likeness (QED) is 0.217. The van der Waals surface area contributed by atoms with Crippen molar-refractivity contribution in [2.75, 3.05) is 6.61 Å². The van der Waals surface area contributed by atoms with Crippen molar-refractivity contribution in [3.63, 3.8) is 0 Å². The number of halogens is 1. The Morgan fingerprint density at radius 1 is 1.03 bits per heavy atom. The number of carbonyl (C=O) groups excluding carboxylic acids is 2. The fourth-order valence-electron chi connectivity index (χ4n) is 2.55. The lowest BCUT2D eigenvalue weighted by Gasteiger charge is -2.07. The summed E-state index contributed by atoms with van der Waals surface area (Å²) in [6.45, 7) is 1.75. The first kappa shape index (κ1) is 22.7. The van der Waals surface area contributed by atoms with Gasteiger partial charge in [0.1, 0.15) is 23.9 Å². The molecule has 10 heteroatoms. The first-order valence-corrected chi connectivity index (χ1v) is 9.73. The molecule has 0 atom stereocenters. The van der Waals surface area contributed by atoms with E-state index in [4.69, 9.17) is 41.8 Å². The average Bonchev–Trinajstić information content (AvgIpc) is 3.24. The molecule has 3 rings (SSSR count). The molecule has 9 nitrogen and oxygen atoms in total. The Kier molecular flexibility index (Phi) is 7.35. The molecule has 1 heterocycles. The molecule has 2 aromatic carbocycles. The lowest BCUT2D eigenvalue weighted by molar-refractivity contribution is -0.119. The molecule has 32 heavy (non-hydrogen) atoms. The molecule has 0 unspecified atom stereocenters. The Balaban J connectivity index is 1.54. The molecular formula is C22H20ClN3O6. The van der Waals surface area contributed by atoms with Gasteiger partial charge in [-0.15, -0.1) is 0 Å². The smallest absolute Gasteiger partial charge is 0.400 e. The lowest BCUT2D eigenvalue weighted by Crippen LogP contribution is -2.20. The van der Waals surface area contributed by atoms with Gasteiger partial charge in [-0.25, -0.2) is 4.79 Å². The van der Waals surface area contributed by atoms with Crippen molar-refractivity contribution in [1.29, 1.82) is 0 Å². The zero-order valence-corrected chi connectivity index (χ0v) is 17.8. The molecule has 1 amide bonds. The highest BCUT2D eigenvalue weighted by Gasteiger charge is 2.14. The van der Waals surface area contributed by atoms with Crippen LogP contribution in [0.4, 0.5) is 0 Å². The summed E-state index contributed by atoms with van der Waals surface area (Å²) >= 11 is 5.93. The number of amidine groups is 1. The molecule has 0 aliphatic rings. The van der Waals surface area contributed by atoms with E-state index in [1.54, 1.807) is 48.5 Å². The van der Waals surface area contributed by atoms with Crippen LogP contribution in [-0.2, 0) is 16.2 Å². The third-order valence-corrected chi connectivity index (χ3v) is 4.36. The number of primary amides is 1. The summed E-state index contributed by atoms with van der Waals surface area (Å²) in [6, 6.07) is 14.6. The molecule has 0 aliphatic carbocycles. The molecule has 0 fully saturated rings. The van der Waals surface area contributed by atoms with Gasteiger partial charge in [0.25, 0.3) is 5.91 Å². The number of hydrogen-bond acceptors (Lipinski definition) is 7. The second-order valence-electron chi connectivity index (χ2n) is 6.60. The van der Waals surface area contributed by atoms with Crippen molar-refractivity contribution in [3.8, 4) is 11.5 Å². The van der Waals surface area contributed by atoms with Gasteiger partial charge >= 0.3 is 5.97 Å². The van der Waals surface area contributed by atoms with Gasteiger partial charge in [0.05, 0.1) is 0 Å². The SMILES string of the molecule is Cc1cc(Cl)ccc1OCc1ccc(C(=O)O/N=C(\N)c2ccc(OCC(N)=O)cc2)o1. The van der Waals surface area contributed by atoms with E-state index >= 15 is 0 Å². The van der Waals surface area contributed by atoms with Crippen LogP contribution in [0.25, 0.3) is 0 Å². The Labute approximate surface area is 188 Å². The summed E-state index contributed by atoms with van der Waals surface area (Å²) < 4.78 is 16.3. The number of nitrogens with zero attached hydrogens (tertiary/aromatic N) is 1. The second-order valence-corrected chi connectivity index (χ2v) is 7.04. The Bertz CT molecular complexity index is 1140. The highest BCUT2D eigenvalue weighted by Crippen LogP contribution is 2.23. The van der Waals surface area contributed by atoms with Gasteiger partial charge in [-0.2, -0.15) is 0 Å². The van der Waals surface area contributed by atoms with Crippen LogP contribution in [0.3, 0.4) is 0 Å². The summed E-state index contributed by atoms with van der Waals surface area (Å²) in [7, 11) is 0. The molecule has 0 saturated heterocycles. The number of carbonyl (C=O) groups is 2. The van der Waals surface area contributed by atoms with E-state index in [9.17, 15) is 9.59 Å². The maximum absolute atomic E-state index is 12.2. The maximum Gasteiger partial charge on any atom is 0.400 e. The highest BCUT2D eigenvalue weighted by atomic mass is 35.5. The molecule has 3 aromatic rings. The maximum atomic E-state index is 12.2. The van der Waals surface area contributed by atoms with Crippen LogP contribution in [0.5, 0.6) is 11.5 Å². The Morgan fingerprint density at radius 3 is 2.47 bits per heavy atom. The summed E-state index contributed by atoms with van der Waals surface area (Å²) in [4.78, 5) is 27.7. The minimum atomic E-state index is -0.816. The largest absolute Gasteiger partial charge is 0.485 e. The summed E-state index contributed by atoms with van der Waals surface area (Å²) in [5.74, 6) is 0.0130. The van der Waals surface area contributed by atoms with Gasteiger partial charge in [-0.05, 0) is 67.1 Å². The van der Waals surface area contributed by atoms with Crippen LogP contribution in [0.2, 0.25) is 5.02 Å². The fourth-order valence-corrected chi connectivity index (χ4v) is 2.78. The van der Waals surface area contributed by atoms with Crippen molar-refractivity contribution < 1.29 is 28.3 Å². The lowest BCUT2D eigenvalue weighted by atomic mass is 10.2. The number of ether oxygens (including phenoxy) is 2. The number of furan rings is 1. The van der Waals surface area contributed by atoms with E-state index in [1.165, 1.54) is 6.07 Å². The van der Waals surface area contributed by atoms with Crippen LogP contribution in [-0.4, -0.2) is 24.3 Å². The number of amides is 1. The van der Waals surface area contributed by atoms with Gasteiger partial charge in [0, 0.05) is 10.6 Å². The number of hydrogen-bond donors (Lipinski definition) is 2. The minimum absolute atomic E-state index is 0.0341. The molecule has 0 aliphatic heterocycles. The van der Waals surface area contributed by atoms with Gasteiger partial charge in [0.2, 0.25) is 5.76 Å². The highest BCUT2D eigenvalue weighted by molar-refractivity contribution is 6.30. The third kappa shape index (κ3) is 6.26. The first-order chi connectivity index (χ1) is 15.3. The van der Waals surface area contributed by atoms with Crippen molar-refractivity contribution >= 4 is 29.3 Å². The summed E-state index contributed by atoms with van der Waals surface area (Å²) in [5.41, 5.74) is 12.2. The van der Waals surface area contributed by atoms with Crippen LogP contribution < -0.4 is 20.9 Å². The number of benzene rings is 2. The molecule has 1 aromatic heterocycles. The first-order valence-electron chi connectivity index (χ1n) is 9.36. The van der Waals surface area contributed by atoms with Gasteiger partial charge in [-0.3, -0.25) is 4.79 Å². The van der Waals surface area contributed by atoms with E-state index in [0.717, 1.165) is 5.56 Å². The number of oxime groups is 1. The van der Waals surface area contributed by atoms with E-state index < -0.39 is 11.9 Å².